The average Bonchev–Trinajstić information content (AvgIpc) is 3.35. The maximum Gasteiger partial charge on any atom is 0.416 e. The summed E-state index contributed by atoms with van der Waals surface area (Å²) in [6.45, 7) is 2.09. The molecule has 5 rings (SSSR count). The van der Waals surface area contributed by atoms with Crippen molar-refractivity contribution in [1.29, 1.82) is 0 Å². The smallest absolute Gasteiger partial charge is 0.207 e. The number of nitrogens with zero attached hydrogens (tertiary/aromatic N) is 1. The zero-order valence-corrected chi connectivity index (χ0v) is 21.5. The molecule has 1 atom stereocenters. The first-order chi connectivity index (χ1) is 18.2. The van der Waals surface area contributed by atoms with Gasteiger partial charge in [0, 0.05) is 6.54 Å². The predicted molar refractivity (Wildman–Crippen MR) is 143 cm³/mol. The Bertz CT molecular complexity index is 1500. The third kappa shape index (κ3) is 5.04. The van der Waals surface area contributed by atoms with Crippen molar-refractivity contribution in [2.45, 2.75) is 30.5 Å². The Hall–Kier alpha value is -3.68. The molecule has 4 aromatic carbocycles. The summed E-state index contributed by atoms with van der Waals surface area (Å²) in [6.07, 6.45) is -4.05. The summed E-state index contributed by atoms with van der Waals surface area (Å²) in [5, 5.41) is 0. The molecule has 7 heteroatoms. The fourth-order valence-corrected chi connectivity index (χ4v) is 6.61. The van der Waals surface area contributed by atoms with E-state index in [2.05, 4.69) is 0 Å². The molecule has 194 valence electrons. The van der Waals surface area contributed by atoms with Crippen LogP contribution in [0.1, 0.15) is 40.3 Å². The summed E-state index contributed by atoms with van der Waals surface area (Å²) in [6, 6.07) is 30.1. The van der Waals surface area contributed by atoms with Gasteiger partial charge in [0.2, 0.25) is 10.0 Å². The monoisotopic (exact) mass is 533 g/mol. The molecule has 0 saturated carbocycles. The van der Waals surface area contributed by atoms with E-state index in [0.29, 0.717) is 12.0 Å². The lowest BCUT2D eigenvalue weighted by atomic mass is 9.87. The SMILES string of the molecule is Cc1ccc(S(=O)(=O)N2CCC(=C(c3ccccc3)c3ccccc3)C2c2ccc(C(F)(F)F)cc2)cc1. The highest BCUT2D eigenvalue weighted by Gasteiger charge is 2.41. The first-order valence-corrected chi connectivity index (χ1v) is 13.7. The van der Waals surface area contributed by atoms with Gasteiger partial charge in [0.05, 0.1) is 16.5 Å². The zero-order chi connectivity index (χ0) is 26.9. The van der Waals surface area contributed by atoms with E-state index >= 15 is 0 Å². The van der Waals surface area contributed by atoms with Crippen molar-refractivity contribution in [3.8, 4) is 0 Å². The van der Waals surface area contributed by atoms with Crippen LogP contribution in [0.3, 0.4) is 0 Å². The van der Waals surface area contributed by atoms with Crippen LogP contribution in [0, 0.1) is 6.92 Å². The van der Waals surface area contributed by atoms with Gasteiger partial charge in [-0.25, -0.2) is 8.42 Å². The molecular weight excluding hydrogens is 507 g/mol. The Morgan fingerprint density at radius 2 is 1.29 bits per heavy atom. The Balaban J connectivity index is 1.73. The molecule has 1 unspecified atom stereocenters. The lowest BCUT2D eigenvalue weighted by Crippen LogP contribution is -2.31. The second-order valence-electron chi connectivity index (χ2n) is 9.33. The number of halogens is 3. The highest BCUT2D eigenvalue weighted by Crippen LogP contribution is 2.46. The summed E-state index contributed by atoms with van der Waals surface area (Å²) in [5.74, 6) is 0. The minimum absolute atomic E-state index is 0.155. The van der Waals surface area contributed by atoms with E-state index in [1.807, 2.05) is 67.6 Å². The molecule has 4 aromatic rings. The Morgan fingerprint density at radius 3 is 1.79 bits per heavy atom. The number of sulfonamides is 1. The van der Waals surface area contributed by atoms with Crippen molar-refractivity contribution in [1.82, 2.24) is 4.31 Å². The second-order valence-corrected chi connectivity index (χ2v) is 11.2. The van der Waals surface area contributed by atoms with Gasteiger partial charge in [0.25, 0.3) is 0 Å². The molecule has 0 aromatic heterocycles. The number of hydrogen-bond acceptors (Lipinski definition) is 2. The largest absolute Gasteiger partial charge is 0.416 e. The molecule has 0 N–H and O–H groups in total. The zero-order valence-electron chi connectivity index (χ0n) is 20.7. The van der Waals surface area contributed by atoms with Crippen molar-refractivity contribution in [2.24, 2.45) is 0 Å². The van der Waals surface area contributed by atoms with Crippen LogP contribution < -0.4 is 0 Å². The number of rotatable bonds is 5. The van der Waals surface area contributed by atoms with Gasteiger partial charge in [-0.3, -0.25) is 0 Å². The maximum absolute atomic E-state index is 13.9. The Kier molecular flexibility index (Phi) is 6.99. The van der Waals surface area contributed by atoms with E-state index in [1.165, 1.54) is 16.4 Å². The van der Waals surface area contributed by atoms with Crippen molar-refractivity contribution in [2.75, 3.05) is 6.54 Å². The van der Waals surface area contributed by atoms with Crippen LogP contribution in [-0.4, -0.2) is 19.3 Å². The molecule has 0 amide bonds. The quantitative estimate of drug-likeness (QED) is 0.264. The molecule has 0 radical (unpaired) electrons. The summed E-state index contributed by atoms with van der Waals surface area (Å²) in [7, 11) is -3.95. The maximum atomic E-state index is 13.9. The van der Waals surface area contributed by atoms with Gasteiger partial charge in [-0.05, 0) is 65.4 Å². The predicted octanol–water partition coefficient (Wildman–Crippen LogP) is 7.65. The molecule has 0 bridgehead atoms. The molecular formula is C31H26F3NO2S. The lowest BCUT2D eigenvalue weighted by Gasteiger charge is -2.27. The highest BCUT2D eigenvalue weighted by atomic mass is 32.2. The van der Waals surface area contributed by atoms with Crippen molar-refractivity contribution in [3.63, 3.8) is 0 Å². The van der Waals surface area contributed by atoms with Crippen LogP contribution in [0.5, 0.6) is 0 Å². The van der Waals surface area contributed by atoms with Gasteiger partial charge in [0.1, 0.15) is 0 Å². The third-order valence-corrected chi connectivity index (χ3v) is 8.73. The van der Waals surface area contributed by atoms with Crippen LogP contribution >= 0.6 is 0 Å². The summed E-state index contributed by atoms with van der Waals surface area (Å²) >= 11 is 0. The van der Waals surface area contributed by atoms with Crippen LogP contribution in [0.25, 0.3) is 5.57 Å². The Morgan fingerprint density at radius 1 is 0.763 bits per heavy atom. The topological polar surface area (TPSA) is 37.4 Å². The minimum Gasteiger partial charge on any atom is -0.207 e. The van der Waals surface area contributed by atoms with Crippen LogP contribution in [0.15, 0.2) is 120 Å². The van der Waals surface area contributed by atoms with Gasteiger partial charge in [-0.2, -0.15) is 17.5 Å². The molecule has 1 aliphatic rings. The van der Waals surface area contributed by atoms with Crippen LogP contribution in [-0.2, 0) is 16.2 Å². The van der Waals surface area contributed by atoms with E-state index < -0.39 is 27.8 Å². The molecule has 1 fully saturated rings. The Labute approximate surface area is 220 Å². The molecule has 0 spiro atoms. The highest BCUT2D eigenvalue weighted by molar-refractivity contribution is 7.89. The van der Waals surface area contributed by atoms with Gasteiger partial charge < -0.3 is 0 Å². The van der Waals surface area contributed by atoms with Crippen molar-refractivity contribution < 1.29 is 21.6 Å². The number of aryl methyl sites for hydroxylation is 1. The number of benzene rings is 4. The lowest BCUT2D eigenvalue weighted by molar-refractivity contribution is -0.137. The molecule has 0 aliphatic carbocycles. The third-order valence-electron chi connectivity index (χ3n) is 6.85. The summed E-state index contributed by atoms with van der Waals surface area (Å²) in [4.78, 5) is 0.155. The van der Waals surface area contributed by atoms with Gasteiger partial charge >= 0.3 is 6.18 Å². The molecule has 1 saturated heterocycles. The van der Waals surface area contributed by atoms with E-state index in [1.54, 1.807) is 24.3 Å². The first-order valence-electron chi connectivity index (χ1n) is 12.3. The number of hydrogen-bond donors (Lipinski definition) is 0. The number of alkyl halides is 3. The normalized spacial score (nSPS) is 16.5. The molecule has 1 aliphatic heterocycles. The van der Waals surface area contributed by atoms with E-state index in [-0.39, 0.29) is 11.4 Å². The standard InChI is InChI=1S/C31H26F3NO2S/c1-22-12-18-27(19-13-22)38(36,37)35-21-20-28(30(35)25-14-16-26(17-15-25)31(32,33)34)29(23-8-4-2-5-9-23)24-10-6-3-7-11-24/h2-19,30H,20-21H2,1H3. The van der Waals surface area contributed by atoms with E-state index in [0.717, 1.165) is 40.0 Å². The molecule has 3 nitrogen and oxygen atoms in total. The summed E-state index contributed by atoms with van der Waals surface area (Å²) < 4.78 is 69.3. The summed E-state index contributed by atoms with van der Waals surface area (Å²) in [5.41, 5.74) is 4.21. The van der Waals surface area contributed by atoms with Crippen molar-refractivity contribution >= 4 is 15.6 Å². The van der Waals surface area contributed by atoms with E-state index in [9.17, 15) is 21.6 Å². The molecule has 38 heavy (non-hydrogen) atoms. The van der Waals surface area contributed by atoms with Crippen LogP contribution in [0.4, 0.5) is 13.2 Å². The van der Waals surface area contributed by atoms with Crippen LogP contribution in [0.2, 0.25) is 0 Å². The first kappa shape index (κ1) is 25.9. The van der Waals surface area contributed by atoms with Crippen molar-refractivity contribution in [3.05, 3.63) is 143 Å². The van der Waals surface area contributed by atoms with E-state index in [4.69, 9.17) is 0 Å². The molecule has 1 heterocycles. The average molecular weight is 534 g/mol. The van der Waals surface area contributed by atoms with Gasteiger partial charge in [-0.15, -0.1) is 0 Å². The second kappa shape index (κ2) is 10.2. The fourth-order valence-electron chi connectivity index (χ4n) is 5.01. The minimum atomic E-state index is -4.49. The van der Waals surface area contributed by atoms with Gasteiger partial charge in [-0.1, -0.05) is 90.5 Å². The van der Waals surface area contributed by atoms with Gasteiger partial charge in [0.15, 0.2) is 0 Å². The fraction of sp³-hybridized carbons (Fsp3) is 0.161.